The molecule has 16 heavy (non-hydrogen) atoms. The summed E-state index contributed by atoms with van der Waals surface area (Å²) >= 11 is 1.66. The van der Waals surface area contributed by atoms with Crippen molar-refractivity contribution in [3.8, 4) is 0 Å². The molecule has 0 saturated carbocycles. The van der Waals surface area contributed by atoms with Crippen LogP contribution >= 0.6 is 11.3 Å². The van der Waals surface area contributed by atoms with E-state index < -0.39 is 0 Å². The number of nitrogens with zero attached hydrogens (tertiary/aromatic N) is 3. The van der Waals surface area contributed by atoms with Crippen LogP contribution in [0.3, 0.4) is 0 Å². The van der Waals surface area contributed by atoms with Gasteiger partial charge in [-0.1, -0.05) is 6.08 Å². The van der Waals surface area contributed by atoms with Gasteiger partial charge in [-0.3, -0.25) is 0 Å². The Balaban J connectivity index is 1.98. The van der Waals surface area contributed by atoms with E-state index in [4.69, 9.17) is 0 Å². The third kappa shape index (κ3) is 2.49. The molecule has 0 aromatic carbocycles. The molecule has 0 spiro atoms. The van der Waals surface area contributed by atoms with Gasteiger partial charge in [-0.15, -0.1) is 17.9 Å². The van der Waals surface area contributed by atoms with Gasteiger partial charge in [-0.05, 0) is 6.92 Å². The molecule has 0 fully saturated rings. The van der Waals surface area contributed by atoms with Gasteiger partial charge in [-0.2, -0.15) is 0 Å². The summed E-state index contributed by atoms with van der Waals surface area (Å²) in [6.07, 6.45) is 5.55. The molecule has 0 bridgehead atoms. The Morgan fingerprint density at radius 3 is 3.19 bits per heavy atom. The Labute approximate surface area is 98.7 Å². The van der Waals surface area contributed by atoms with E-state index in [-0.39, 0.29) is 0 Å². The Hall–Kier alpha value is -1.62. The SMILES string of the molecule is C=CCn1ccnc1NCc1nc(C)cs1. The number of imidazole rings is 1. The van der Waals surface area contributed by atoms with E-state index >= 15 is 0 Å². The second-order valence-electron chi connectivity index (χ2n) is 3.43. The first-order valence-corrected chi connectivity index (χ1v) is 5.94. The van der Waals surface area contributed by atoms with Gasteiger partial charge in [0.2, 0.25) is 5.95 Å². The van der Waals surface area contributed by atoms with E-state index in [9.17, 15) is 0 Å². The van der Waals surface area contributed by atoms with Crippen LogP contribution in [0.25, 0.3) is 0 Å². The van der Waals surface area contributed by atoms with Crippen molar-refractivity contribution in [2.24, 2.45) is 0 Å². The van der Waals surface area contributed by atoms with Crippen LogP contribution in [0.5, 0.6) is 0 Å². The number of nitrogens with one attached hydrogen (secondary N) is 1. The Bertz CT molecular complexity index is 472. The number of aryl methyl sites for hydroxylation is 1. The predicted molar refractivity (Wildman–Crippen MR) is 66.6 cm³/mol. The van der Waals surface area contributed by atoms with Gasteiger partial charge in [0.05, 0.1) is 6.54 Å². The highest BCUT2D eigenvalue weighted by Crippen LogP contribution is 2.11. The number of allylic oxidation sites excluding steroid dienone is 1. The van der Waals surface area contributed by atoms with Gasteiger partial charge >= 0.3 is 0 Å². The third-order valence-corrected chi connectivity index (χ3v) is 3.07. The van der Waals surface area contributed by atoms with Crippen molar-refractivity contribution < 1.29 is 0 Å². The van der Waals surface area contributed by atoms with Crippen LogP contribution in [0, 0.1) is 6.92 Å². The summed E-state index contributed by atoms with van der Waals surface area (Å²) in [5.41, 5.74) is 1.07. The van der Waals surface area contributed by atoms with Crippen molar-refractivity contribution in [3.63, 3.8) is 0 Å². The lowest BCUT2D eigenvalue weighted by Gasteiger charge is -2.05. The van der Waals surface area contributed by atoms with Crippen LogP contribution in [0.4, 0.5) is 5.95 Å². The first-order chi connectivity index (χ1) is 7.79. The molecule has 0 aliphatic rings. The summed E-state index contributed by atoms with van der Waals surface area (Å²) in [5, 5.41) is 6.38. The molecule has 5 heteroatoms. The Morgan fingerprint density at radius 1 is 1.62 bits per heavy atom. The molecule has 0 radical (unpaired) electrons. The Morgan fingerprint density at radius 2 is 2.50 bits per heavy atom. The molecule has 84 valence electrons. The van der Waals surface area contributed by atoms with Crippen molar-refractivity contribution in [1.29, 1.82) is 0 Å². The van der Waals surface area contributed by atoms with Crippen LogP contribution in [0.1, 0.15) is 10.7 Å². The lowest BCUT2D eigenvalue weighted by atomic mass is 10.5. The summed E-state index contributed by atoms with van der Waals surface area (Å²) in [6, 6.07) is 0. The van der Waals surface area contributed by atoms with E-state index in [1.165, 1.54) is 0 Å². The maximum Gasteiger partial charge on any atom is 0.203 e. The van der Waals surface area contributed by atoms with Gasteiger partial charge in [0.15, 0.2) is 0 Å². The van der Waals surface area contributed by atoms with Crippen LogP contribution < -0.4 is 5.32 Å². The number of aromatic nitrogens is 3. The van der Waals surface area contributed by atoms with E-state index in [0.29, 0.717) is 6.54 Å². The number of hydrogen-bond acceptors (Lipinski definition) is 4. The minimum Gasteiger partial charge on any atom is -0.349 e. The third-order valence-electron chi connectivity index (χ3n) is 2.11. The number of thiazole rings is 1. The minimum absolute atomic E-state index is 0.715. The molecule has 2 aromatic rings. The minimum atomic E-state index is 0.715. The fourth-order valence-electron chi connectivity index (χ4n) is 1.40. The highest BCUT2D eigenvalue weighted by Gasteiger charge is 2.02. The summed E-state index contributed by atoms with van der Waals surface area (Å²) in [7, 11) is 0. The summed E-state index contributed by atoms with van der Waals surface area (Å²) in [5.74, 6) is 0.854. The number of anilines is 1. The average molecular weight is 234 g/mol. The molecule has 2 aromatic heterocycles. The van der Waals surface area contributed by atoms with Gasteiger partial charge in [0.1, 0.15) is 5.01 Å². The van der Waals surface area contributed by atoms with Gasteiger partial charge < -0.3 is 9.88 Å². The van der Waals surface area contributed by atoms with Crippen LogP contribution in [0.2, 0.25) is 0 Å². The zero-order valence-corrected chi connectivity index (χ0v) is 10.00. The van der Waals surface area contributed by atoms with Gasteiger partial charge in [0, 0.05) is 30.0 Å². The molecule has 0 aliphatic heterocycles. The van der Waals surface area contributed by atoms with Gasteiger partial charge in [-0.25, -0.2) is 9.97 Å². The second-order valence-corrected chi connectivity index (χ2v) is 4.37. The van der Waals surface area contributed by atoms with Gasteiger partial charge in [0.25, 0.3) is 0 Å². The van der Waals surface area contributed by atoms with Crippen molar-refractivity contribution in [2.45, 2.75) is 20.0 Å². The van der Waals surface area contributed by atoms with E-state index in [2.05, 4.69) is 21.9 Å². The first-order valence-electron chi connectivity index (χ1n) is 5.06. The molecule has 0 atom stereocenters. The molecule has 4 nitrogen and oxygen atoms in total. The van der Waals surface area contributed by atoms with Crippen molar-refractivity contribution >= 4 is 17.3 Å². The summed E-state index contributed by atoms with van der Waals surface area (Å²) in [6.45, 7) is 7.19. The molecule has 0 amide bonds. The summed E-state index contributed by atoms with van der Waals surface area (Å²) < 4.78 is 2.01. The monoisotopic (exact) mass is 234 g/mol. The maximum absolute atomic E-state index is 4.38. The highest BCUT2D eigenvalue weighted by molar-refractivity contribution is 7.09. The quantitative estimate of drug-likeness (QED) is 0.808. The topological polar surface area (TPSA) is 42.7 Å². The Kier molecular flexibility index (Phi) is 3.36. The highest BCUT2D eigenvalue weighted by atomic mass is 32.1. The van der Waals surface area contributed by atoms with Crippen LogP contribution in [-0.4, -0.2) is 14.5 Å². The van der Waals surface area contributed by atoms with Crippen molar-refractivity contribution in [3.05, 3.63) is 41.1 Å². The van der Waals surface area contributed by atoms with E-state index in [1.54, 1.807) is 17.5 Å². The molecule has 2 rings (SSSR count). The first kappa shape index (κ1) is 10.9. The molecule has 0 unspecified atom stereocenters. The number of rotatable bonds is 5. The van der Waals surface area contributed by atoms with Crippen molar-refractivity contribution in [1.82, 2.24) is 14.5 Å². The molecular formula is C11H14N4S. The molecule has 0 saturated heterocycles. The molecular weight excluding hydrogens is 220 g/mol. The molecule has 0 aliphatic carbocycles. The fraction of sp³-hybridized carbons (Fsp3) is 0.273. The van der Waals surface area contributed by atoms with Crippen LogP contribution in [-0.2, 0) is 13.1 Å². The average Bonchev–Trinajstić information content (AvgIpc) is 2.85. The largest absolute Gasteiger partial charge is 0.349 e. The predicted octanol–water partition coefficient (Wildman–Crippen LogP) is 2.45. The maximum atomic E-state index is 4.38. The second kappa shape index (κ2) is 4.94. The number of hydrogen-bond donors (Lipinski definition) is 1. The zero-order valence-electron chi connectivity index (χ0n) is 9.18. The molecule has 2 heterocycles. The standard InChI is InChI=1S/C11H14N4S/c1-3-5-15-6-4-12-11(15)13-7-10-14-9(2)8-16-10/h3-4,6,8H,1,5,7H2,2H3,(H,12,13). The van der Waals surface area contributed by atoms with E-state index in [0.717, 1.165) is 23.2 Å². The van der Waals surface area contributed by atoms with E-state index in [1.807, 2.05) is 29.1 Å². The molecule has 1 N–H and O–H groups in total. The summed E-state index contributed by atoms with van der Waals surface area (Å²) in [4.78, 5) is 8.62. The zero-order chi connectivity index (χ0) is 11.4. The van der Waals surface area contributed by atoms with Crippen LogP contribution in [0.15, 0.2) is 30.4 Å². The fourth-order valence-corrected chi connectivity index (χ4v) is 2.11. The smallest absolute Gasteiger partial charge is 0.203 e. The lowest BCUT2D eigenvalue weighted by Crippen LogP contribution is -2.06. The normalized spacial score (nSPS) is 10.3. The van der Waals surface area contributed by atoms with Crippen molar-refractivity contribution in [2.75, 3.05) is 5.32 Å². The lowest BCUT2D eigenvalue weighted by molar-refractivity contribution is 0.819.